The van der Waals surface area contributed by atoms with Crippen LogP contribution in [-0.4, -0.2) is 58.1 Å². The van der Waals surface area contributed by atoms with E-state index in [2.05, 4.69) is 10.6 Å². The highest BCUT2D eigenvalue weighted by Gasteiger charge is 2.39. The minimum atomic E-state index is -1.09. The highest BCUT2D eigenvalue weighted by Crippen LogP contribution is 2.27. The third-order valence-corrected chi connectivity index (χ3v) is 6.36. The molecular formula is C33H47N3O6. The zero-order valence-corrected chi connectivity index (χ0v) is 26.4. The number of hydrogen-bond acceptors (Lipinski definition) is 6. The predicted octanol–water partition coefficient (Wildman–Crippen LogP) is 5.34. The van der Waals surface area contributed by atoms with Crippen molar-refractivity contribution < 1.29 is 28.7 Å². The number of rotatable bonds is 11. The Bertz CT molecular complexity index is 1190. The second-order valence-electron chi connectivity index (χ2n) is 12.5. The van der Waals surface area contributed by atoms with Gasteiger partial charge in [0.1, 0.15) is 29.3 Å². The van der Waals surface area contributed by atoms with Gasteiger partial charge in [-0.05, 0) is 72.9 Å². The lowest BCUT2D eigenvalue weighted by atomic mass is 9.99. The number of nitrogens with zero attached hydrogens (tertiary/aromatic N) is 1. The summed E-state index contributed by atoms with van der Waals surface area (Å²) in [6.07, 6.45) is 0.0127. The van der Waals surface area contributed by atoms with Crippen molar-refractivity contribution in [3.8, 4) is 0 Å². The molecule has 9 heteroatoms. The van der Waals surface area contributed by atoms with E-state index in [1.807, 2.05) is 50.2 Å². The Hall–Kier alpha value is -3.88. The van der Waals surface area contributed by atoms with Gasteiger partial charge in [-0.2, -0.15) is 0 Å². The number of hydrogen-bond donors (Lipinski definition) is 2. The number of alkyl carbamates (subject to hydrolysis) is 1. The number of carbonyl (C=O) groups excluding carboxylic acids is 4. The van der Waals surface area contributed by atoms with Gasteiger partial charge in [0.15, 0.2) is 0 Å². The Morgan fingerprint density at radius 2 is 1.31 bits per heavy atom. The first-order chi connectivity index (χ1) is 19.5. The highest BCUT2D eigenvalue weighted by atomic mass is 16.6. The average molecular weight is 582 g/mol. The molecule has 2 N–H and O–H groups in total. The molecule has 0 spiro atoms. The fraction of sp³-hybridized carbons (Fsp3) is 0.515. The number of esters is 1. The van der Waals surface area contributed by atoms with Gasteiger partial charge in [-0.25, -0.2) is 9.59 Å². The molecule has 230 valence electrons. The van der Waals surface area contributed by atoms with Crippen molar-refractivity contribution in [1.82, 2.24) is 15.5 Å². The first-order valence-corrected chi connectivity index (χ1v) is 14.5. The smallest absolute Gasteiger partial charge is 0.408 e. The monoisotopic (exact) mass is 581 g/mol. The summed E-state index contributed by atoms with van der Waals surface area (Å²) in [5.41, 5.74) is -0.104. The van der Waals surface area contributed by atoms with E-state index in [1.54, 1.807) is 72.7 Å². The Morgan fingerprint density at radius 1 is 0.786 bits per heavy atom. The van der Waals surface area contributed by atoms with E-state index in [4.69, 9.17) is 9.47 Å². The van der Waals surface area contributed by atoms with Crippen molar-refractivity contribution in [2.24, 2.45) is 0 Å². The number of carbonyl (C=O) groups is 4. The van der Waals surface area contributed by atoms with Gasteiger partial charge in [-0.15, -0.1) is 0 Å². The summed E-state index contributed by atoms with van der Waals surface area (Å²) >= 11 is 0. The van der Waals surface area contributed by atoms with Gasteiger partial charge < -0.3 is 25.0 Å². The molecule has 2 aromatic carbocycles. The maximum absolute atomic E-state index is 14.2. The maximum Gasteiger partial charge on any atom is 0.408 e. The standard InChI is InChI=1S/C33H47N3O6/c1-10-22(2)36(29(38)23(3)34-31(40)42-33(7,8)9)27(25-19-15-12-16-20-25)28(37)35-26(30(39)41-32(4,5)6)21-24-17-13-11-14-18-24/h11-20,22-23,26-27H,10,21H2,1-9H3,(H,34,40)(H,35,37). The summed E-state index contributed by atoms with van der Waals surface area (Å²) < 4.78 is 11.0. The molecule has 2 aromatic rings. The lowest BCUT2D eigenvalue weighted by Gasteiger charge is -2.38. The van der Waals surface area contributed by atoms with E-state index in [-0.39, 0.29) is 12.5 Å². The Kier molecular flexibility index (Phi) is 12.1. The van der Waals surface area contributed by atoms with Crippen LogP contribution in [0.5, 0.6) is 0 Å². The number of amides is 3. The zero-order chi connectivity index (χ0) is 31.7. The van der Waals surface area contributed by atoms with Crippen LogP contribution in [-0.2, 0) is 30.3 Å². The van der Waals surface area contributed by atoms with Gasteiger partial charge in [0.25, 0.3) is 0 Å². The molecular weight excluding hydrogens is 534 g/mol. The Morgan fingerprint density at radius 3 is 1.81 bits per heavy atom. The molecule has 0 radical (unpaired) electrons. The van der Waals surface area contributed by atoms with Crippen LogP contribution in [0.15, 0.2) is 60.7 Å². The summed E-state index contributed by atoms with van der Waals surface area (Å²) in [7, 11) is 0. The van der Waals surface area contributed by atoms with Gasteiger partial charge in [0.05, 0.1) is 0 Å². The fourth-order valence-electron chi connectivity index (χ4n) is 4.31. The van der Waals surface area contributed by atoms with Gasteiger partial charge in [0, 0.05) is 12.5 Å². The zero-order valence-electron chi connectivity index (χ0n) is 26.4. The molecule has 9 nitrogen and oxygen atoms in total. The topological polar surface area (TPSA) is 114 Å². The van der Waals surface area contributed by atoms with Crippen LogP contribution in [0, 0.1) is 0 Å². The lowest BCUT2D eigenvalue weighted by Crippen LogP contribution is -2.56. The van der Waals surface area contributed by atoms with E-state index in [0.29, 0.717) is 12.0 Å². The van der Waals surface area contributed by atoms with Crippen LogP contribution in [0.2, 0.25) is 0 Å². The van der Waals surface area contributed by atoms with Gasteiger partial charge in [-0.3, -0.25) is 9.59 Å². The molecule has 3 amide bonds. The van der Waals surface area contributed by atoms with Crippen LogP contribution in [0.3, 0.4) is 0 Å². The van der Waals surface area contributed by atoms with Crippen molar-refractivity contribution in [1.29, 1.82) is 0 Å². The first kappa shape index (κ1) is 34.3. The first-order valence-electron chi connectivity index (χ1n) is 14.5. The summed E-state index contributed by atoms with van der Waals surface area (Å²) in [6, 6.07) is 14.8. The third kappa shape index (κ3) is 10.8. The Balaban J connectivity index is 2.49. The van der Waals surface area contributed by atoms with E-state index in [1.165, 1.54) is 4.90 Å². The maximum atomic E-state index is 14.2. The van der Waals surface area contributed by atoms with E-state index in [0.717, 1.165) is 5.56 Å². The third-order valence-electron chi connectivity index (χ3n) is 6.36. The van der Waals surface area contributed by atoms with Crippen LogP contribution in [0.1, 0.15) is 85.9 Å². The van der Waals surface area contributed by atoms with E-state index < -0.39 is 53.2 Å². The van der Waals surface area contributed by atoms with E-state index in [9.17, 15) is 19.2 Å². The van der Waals surface area contributed by atoms with Gasteiger partial charge in [0.2, 0.25) is 11.8 Å². The quantitative estimate of drug-likeness (QED) is 0.347. The minimum Gasteiger partial charge on any atom is -0.458 e. The number of benzene rings is 2. The second kappa shape index (κ2) is 14.8. The molecule has 0 fully saturated rings. The van der Waals surface area contributed by atoms with Crippen LogP contribution in [0.4, 0.5) is 4.79 Å². The molecule has 0 aromatic heterocycles. The second-order valence-corrected chi connectivity index (χ2v) is 12.5. The van der Waals surface area contributed by atoms with Crippen molar-refractivity contribution in [3.05, 3.63) is 71.8 Å². The fourth-order valence-corrected chi connectivity index (χ4v) is 4.31. The van der Waals surface area contributed by atoms with Crippen LogP contribution >= 0.6 is 0 Å². The highest BCUT2D eigenvalue weighted by molar-refractivity contribution is 5.94. The van der Waals surface area contributed by atoms with Gasteiger partial charge >= 0.3 is 12.1 Å². The molecule has 0 aliphatic rings. The molecule has 0 saturated heterocycles. The molecule has 4 atom stereocenters. The normalized spacial score (nSPS) is 14.5. The molecule has 0 bridgehead atoms. The molecule has 42 heavy (non-hydrogen) atoms. The molecule has 0 aliphatic heterocycles. The van der Waals surface area contributed by atoms with Gasteiger partial charge in [-0.1, -0.05) is 67.6 Å². The van der Waals surface area contributed by atoms with Crippen LogP contribution < -0.4 is 10.6 Å². The minimum absolute atomic E-state index is 0.205. The number of nitrogens with one attached hydrogen (secondary N) is 2. The molecule has 0 saturated carbocycles. The largest absolute Gasteiger partial charge is 0.458 e. The lowest BCUT2D eigenvalue weighted by molar-refractivity contribution is -0.159. The van der Waals surface area contributed by atoms with E-state index >= 15 is 0 Å². The van der Waals surface area contributed by atoms with Crippen molar-refractivity contribution >= 4 is 23.9 Å². The summed E-state index contributed by atoms with van der Waals surface area (Å²) in [5, 5.41) is 5.49. The predicted molar refractivity (Wildman–Crippen MR) is 163 cm³/mol. The summed E-state index contributed by atoms with van der Waals surface area (Å²) in [6.45, 7) is 15.8. The molecule has 0 heterocycles. The van der Waals surface area contributed by atoms with Crippen molar-refractivity contribution in [2.45, 2.75) is 111 Å². The molecule has 2 rings (SSSR count). The number of ether oxygens (including phenoxy) is 2. The Labute approximate surface area is 250 Å². The summed E-state index contributed by atoms with van der Waals surface area (Å²) in [4.78, 5) is 55.4. The molecule has 0 aliphatic carbocycles. The SMILES string of the molecule is CCC(C)N(C(=O)C(C)NC(=O)OC(C)(C)C)C(C(=O)NC(Cc1ccccc1)C(=O)OC(C)(C)C)c1ccccc1. The van der Waals surface area contributed by atoms with Crippen molar-refractivity contribution in [2.75, 3.05) is 0 Å². The van der Waals surface area contributed by atoms with Crippen LogP contribution in [0.25, 0.3) is 0 Å². The molecule has 4 unspecified atom stereocenters. The average Bonchev–Trinajstić information content (AvgIpc) is 2.89. The van der Waals surface area contributed by atoms with Crippen molar-refractivity contribution in [3.63, 3.8) is 0 Å². The summed E-state index contributed by atoms with van der Waals surface area (Å²) in [5.74, 6) is -1.57.